The number of allylic oxidation sites excluding steroid dienone is 1. The Labute approximate surface area is 202 Å². The first kappa shape index (κ1) is 22.3. The number of hydrogen-bond acceptors (Lipinski definition) is 9. The maximum atomic E-state index is 10.0. The van der Waals surface area contributed by atoms with E-state index in [4.69, 9.17) is 14.0 Å². The first-order valence-electron chi connectivity index (χ1n) is 11.2. The molecular formula is C25H23N7O3. The van der Waals surface area contributed by atoms with E-state index in [1.807, 2.05) is 59.2 Å². The zero-order valence-corrected chi connectivity index (χ0v) is 19.2. The summed E-state index contributed by atoms with van der Waals surface area (Å²) in [6.07, 6.45) is 1.79. The predicted octanol–water partition coefficient (Wildman–Crippen LogP) is 3.44. The largest absolute Gasteiger partial charge is 0.485 e. The minimum atomic E-state index is 0.209. The number of anilines is 1. The molecule has 0 spiro atoms. The Hall–Kier alpha value is -4.49. The van der Waals surface area contributed by atoms with Gasteiger partial charge in [-0.1, -0.05) is 35.5 Å². The lowest BCUT2D eigenvalue weighted by atomic mass is 10.1. The third-order valence-corrected chi connectivity index (χ3v) is 5.44. The summed E-state index contributed by atoms with van der Waals surface area (Å²) >= 11 is 0. The topological polar surface area (TPSA) is 115 Å². The third kappa shape index (κ3) is 5.05. The second kappa shape index (κ2) is 10.2. The molecule has 3 heterocycles. The molecule has 0 N–H and O–H groups in total. The van der Waals surface area contributed by atoms with Gasteiger partial charge in [0.25, 0.3) is 0 Å². The van der Waals surface area contributed by atoms with Crippen LogP contribution < -0.4 is 9.64 Å². The number of aromatic nitrogens is 5. The smallest absolute Gasteiger partial charge is 0.232 e. The second-order valence-electron chi connectivity index (χ2n) is 7.85. The SMILES string of the molecule is Cc1nc(COc2ccc(/C=C(/C#N)c3nnc(N4CCOCC4)n3-c3ccccc3)cc2)no1. The first-order chi connectivity index (χ1) is 17.2. The van der Waals surface area contributed by atoms with Gasteiger partial charge in [0, 0.05) is 20.0 Å². The number of morpholine rings is 1. The van der Waals surface area contributed by atoms with Gasteiger partial charge >= 0.3 is 0 Å². The Morgan fingerprint density at radius 3 is 2.54 bits per heavy atom. The Balaban J connectivity index is 1.42. The minimum Gasteiger partial charge on any atom is -0.485 e. The lowest BCUT2D eigenvalue weighted by Gasteiger charge is -2.28. The van der Waals surface area contributed by atoms with Gasteiger partial charge in [0.15, 0.2) is 12.4 Å². The van der Waals surface area contributed by atoms with Gasteiger partial charge in [0.2, 0.25) is 17.7 Å². The minimum absolute atomic E-state index is 0.209. The van der Waals surface area contributed by atoms with E-state index in [9.17, 15) is 5.26 Å². The van der Waals surface area contributed by atoms with E-state index in [2.05, 4.69) is 31.3 Å². The summed E-state index contributed by atoms with van der Waals surface area (Å²) in [5.41, 5.74) is 2.12. The Morgan fingerprint density at radius 2 is 1.86 bits per heavy atom. The van der Waals surface area contributed by atoms with Gasteiger partial charge in [0.05, 0.1) is 24.5 Å². The summed E-state index contributed by atoms with van der Waals surface area (Å²) in [7, 11) is 0. The Kier molecular flexibility index (Phi) is 6.50. The molecule has 1 fully saturated rings. The number of nitrogens with zero attached hydrogens (tertiary/aromatic N) is 7. The lowest BCUT2D eigenvalue weighted by molar-refractivity contribution is 0.122. The average Bonchev–Trinajstić information content (AvgIpc) is 3.54. The second-order valence-corrected chi connectivity index (χ2v) is 7.85. The van der Waals surface area contributed by atoms with Gasteiger partial charge in [-0.25, -0.2) is 0 Å². The van der Waals surface area contributed by atoms with E-state index in [1.165, 1.54) is 0 Å². The molecule has 2 aromatic carbocycles. The fourth-order valence-corrected chi connectivity index (χ4v) is 3.75. The van der Waals surface area contributed by atoms with E-state index >= 15 is 0 Å². The van der Waals surface area contributed by atoms with Gasteiger partial charge in [0.1, 0.15) is 11.8 Å². The van der Waals surface area contributed by atoms with Gasteiger partial charge < -0.3 is 18.9 Å². The third-order valence-electron chi connectivity index (χ3n) is 5.44. The maximum absolute atomic E-state index is 10.0. The quantitative estimate of drug-likeness (QED) is 0.375. The van der Waals surface area contributed by atoms with Crippen molar-refractivity contribution >= 4 is 17.6 Å². The van der Waals surface area contributed by atoms with Crippen molar-refractivity contribution in [3.05, 3.63) is 77.7 Å². The van der Waals surface area contributed by atoms with Crippen molar-refractivity contribution in [2.75, 3.05) is 31.2 Å². The highest BCUT2D eigenvalue weighted by molar-refractivity contribution is 5.88. The maximum Gasteiger partial charge on any atom is 0.232 e. The molecule has 4 aromatic rings. The normalized spacial score (nSPS) is 14.1. The molecule has 0 radical (unpaired) electrons. The zero-order chi connectivity index (χ0) is 24.0. The molecule has 0 atom stereocenters. The molecular weight excluding hydrogens is 446 g/mol. The predicted molar refractivity (Wildman–Crippen MR) is 128 cm³/mol. The van der Waals surface area contributed by atoms with Crippen molar-refractivity contribution in [1.82, 2.24) is 24.9 Å². The van der Waals surface area contributed by atoms with Crippen LogP contribution in [0, 0.1) is 18.3 Å². The van der Waals surface area contributed by atoms with E-state index < -0.39 is 0 Å². The molecule has 0 unspecified atom stereocenters. The molecule has 10 nitrogen and oxygen atoms in total. The Bertz CT molecular complexity index is 1350. The molecule has 0 bridgehead atoms. The van der Waals surface area contributed by atoms with Crippen molar-refractivity contribution < 1.29 is 14.0 Å². The monoisotopic (exact) mass is 469 g/mol. The molecule has 5 rings (SSSR count). The van der Waals surface area contributed by atoms with Crippen LogP contribution in [0.5, 0.6) is 5.75 Å². The van der Waals surface area contributed by atoms with Crippen LogP contribution in [0.25, 0.3) is 17.3 Å². The van der Waals surface area contributed by atoms with Crippen molar-refractivity contribution in [2.45, 2.75) is 13.5 Å². The molecule has 0 aliphatic carbocycles. The van der Waals surface area contributed by atoms with E-state index in [1.54, 1.807) is 13.0 Å². The summed E-state index contributed by atoms with van der Waals surface area (Å²) in [5.74, 6) is 2.80. The highest BCUT2D eigenvalue weighted by atomic mass is 16.5. The first-order valence-corrected chi connectivity index (χ1v) is 11.2. The van der Waals surface area contributed by atoms with E-state index in [0.717, 1.165) is 11.3 Å². The molecule has 35 heavy (non-hydrogen) atoms. The van der Waals surface area contributed by atoms with Crippen LogP contribution in [-0.4, -0.2) is 51.2 Å². The van der Waals surface area contributed by atoms with Crippen molar-refractivity contribution in [3.8, 4) is 17.5 Å². The number of benzene rings is 2. The van der Waals surface area contributed by atoms with E-state index in [0.29, 0.717) is 61.1 Å². The van der Waals surface area contributed by atoms with Crippen LogP contribution in [0.4, 0.5) is 5.95 Å². The summed E-state index contributed by atoms with van der Waals surface area (Å²) in [5, 5.41) is 22.7. The van der Waals surface area contributed by atoms with Crippen molar-refractivity contribution in [3.63, 3.8) is 0 Å². The van der Waals surface area contributed by atoms with Crippen LogP contribution in [-0.2, 0) is 11.3 Å². The number of rotatable bonds is 7. The van der Waals surface area contributed by atoms with Crippen LogP contribution in [0.2, 0.25) is 0 Å². The molecule has 176 valence electrons. The number of ether oxygens (including phenoxy) is 2. The Morgan fingerprint density at radius 1 is 1.09 bits per heavy atom. The van der Waals surface area contributed by atoms with Crippen LogP contribution in [0.1, 0.15) is 23.1 Å². The van der Waals surface area contributed by atoms with E-state index in [-0.39, 0.29) is 6.61 Å². The number of para-hydroxylation sites is 1. The fraction of sp³-hybridized carbons (Fsp3) is 0.240. The molecule has 0 saturated carbocycles. The van der Waals surface area contributed by atoms with Gasteiger partial charge in [-0.15, -0.1) is 10.2 Å². The standard InChI is InChI=1S/C25H23N7O3/c1-18-27-23(30-35-18)17-34-22-9-7-19(8-10-22)15-20(16-26)24-28-29-25(31-11-13-33-14-12-31)32(24)21-5-3-2-4-6-21/h2-10,15H,11-14,17H2,1H3/b20-15-. The molecule has 0 amide bonds. The fourth-order valence-electron chi connectivity index (χ4n) is 3.75. The average molecular weight is 470 g/mol. The van der Waals surface area contributed by atoms with Gasteiger partial charge in [-0.2, -0.15) is 10.2 Å². The van der Waals surface area contributed by atoms with Crippen LogP contribution >= 0.6 is 0 Å². The molecule has 1 aliphatic rings. The van der Waals surface area contributed by atoms with Gasteiger partial charge in [-0.05, 0) is 35.9 Å². The highest BCUT2D eigenvalue weighted by Crippen LogP contribution is 2.27. The van der Waals surface area contributed by atoms with Gasteiger partial charge in [-0.3, -0.25) is 4.57 Å². The molecule has 10 heteroatoms. The van der Waals surface area contributed by atoms with Crippen LogP contribution in [0.15, 0.2) is 59.1 Å². The molecule has 2 aromatic heterocycles. The summed E-state index contributed by atoms with van der Waals surface area (Å²) < 4.78 is 18.1. The number of hydrogen-bond donors (Lipinski definition) is 0. The lowest BCUT2D eigenvalue weighted by Crippen LogP contribution is -2.38. The summed E-state index contributed by atoms with van der Waals surface area (Å²) in [6.45, 7) is 4.60. The van der Waals surface area contributed by atoms with Crippen molar-refractivity contribution in [1.29, 1.82) is 5.26 Å². The van der Waals surface area contributed by atoms with Crippen molar-refractivity contribution in [2.24, 2.45) is 0 Å². The highest BCUT2D eigenvalue weighted by Gasteiger charge is 2.23. The van der Waals surface area contributed by atoms with Crippen LogP contribution in [0.3, 0.4) is 0 Å². The summed E-state index contributed by atoms with van der Waals surface area (Å²) in [6, 6.07) is 19.5. The number of nitriles is 1. The summed E-state index contributed by atoms with van der Waals surface area (Å²) in [4.78, 5) is 6.25. The zero-order valence-electron chi connectivity index (χ0n) is 19.2. The number of aryl methyl sites for hydroxylation is 1. The molecule has 1 saturated heterocycles. The molecule has 1 aliphatic heterocycles.